The molecule has 0 heterocycles. The third-order valence-electron chi connectivity index (χ3n) is 1.68. The van der Waals surface area contributed by atoms with Crippen molar-refractivity contribution in [1.82, 2.24) is 4.90 Å². The first-order valence-corrected chi connectivity index (χ1v) is 4.28. The highest BCUT2D eigenvalue weighted by molar-refractivity contribution is 5.69. The van der Waals surface area contributed by atoms with Gasteiger partial charge in [0.2, 0.25) is 0 Å². The van der Waals surface area contributed by atoms with Crippen LogP contribution in [0.4, 0.5) is 13.2 Å². The van der Waals surface area contributed by atoms with Crippen LogP contribution in [0.2, 0.25) is 0 Å². The summed E-state index contributed by atoms with van der Waals surface area (Å²) in [6.07, 6.45) is -4.84. The van der Waals surface area contributed by atoms with Gasteiger partial charge in [-0.1, -0.05) is 0 Å². The topological polar surface area (TPSA) is 49.8 Å². The minimum atomic E-state index is -4.40. The van der Waals surface area contributed by atoms with Gasteiger partial charge in [0.1, 0.15) is 0 Å². The summed E-state index contributed by atoms with van der Waals surface area (Å²) in [6, 6.07) is 0. The molecule has 0 aromatic carbocycles. The number of nitrogens with zero attached hydrogens (tertiary/aromatic N) is 1. The summed E-state index contributed by atoms with van der Waals surface area (Å²) in [5.41, 5.74) is 0. The number of hydrogen-bond acceptors (Lipinski definition) is 3. The van der Waals surface area contributed by atoms with E-state index in [4.69, 9.17) is 9.84 Å². The molecule has 0 aliphatic heterocycles. The number of methoxy groups -OCH3 is 1. The third-order valence-corrected chi connectivity index (χ3v) is 1.68. The predicted molar refractivity (Wildman–Crippen MR) is 46.6 cm³/mol. The quantitative estimate of drug-likeness (QED) is 0.737. The molecule has 90 valence electrons. The summed E-state index contributed by atoms with van der Waals surface area (Å²) < 4.78 is 40.9. The Labute approximate surface area is 85.6 Å². The summed E-state index contributed by atoms with van der Waals surface area (Å²) in [6.45, 7) is -0.381. The second-order valence-electron chi connectivity index (χ2n) is 3.22. The van der Waals surface area contributed by atoms with Crippen LogP contribution in [0.15, 0.2) is 0 Å². The van der Waals surface area contributed by atoms with E-state index in [1.807, 2.05) is 0 Å². The molecule has 0 aliphatic carbocycles. The van der Waals surface area contributed by atoms with Gasteiger partial charge in [-0.3, -0.25) is 9.69 Å². The number of aliphatic carboxylic acids is 1. The van der Waals surface area contributed by atoms with E-state index in [0.717, 1.165) is 4.90 Å². The highest BCUT2D eigenvalue weighted by Crippen LogP contribution is 2.16. The average molecular weight is 229 g/mol. The number of rotatable bonds is 6. The molecule has 0 radical (unpaired) electrons. The summed E-state index contributed by atoms with van der Waals surface area (Å²) in [4.78, 5) is 11.1. The standard InChI is InChI=1S/C8H14F3NO3/c1-6(15-2)3-12(4-7(13)14)5-8(9,10)11/h6H,3-5H2,1-2H3,(H,13,14). The van der Waals surface area contributed by atoms with Crippen LogP contribution in [0, 0.1) is 0 Å². The Balaban J connectivity index is 4.24. The van der Waals surface area contributed by atoms with Gasteiger partial charge < -0.3 is 9.84 Å². The van der Waals surface area contributed by atoms with Crippen molar-refractivity contribution in [2.75, 3.05) is 26.7 Å². The number of alkyl halides is 3. The molecule has 0 aromatic heterocycles. The summed E-state index contributed by atoms with van der Waals surface area (Å²) in [5, 5.41) is 8.42. The number of carboxylic acid groups (broad SMARTS) is 1. The smallest absolute Gasteiger partial charge is 0.401 e. The molecule has 4 nitrogen and oxygen atoms in total. The lowest BCUT2D eigenvalue weighted by molar-refractivity contribution is -0.156. The van der Waals surface area contributed by atoms with Crippen LogP contribution in [0.25, 0.3) is 0 Å². The molecule has 0 saturated carbocycles. The summed E-state index contributed by atoms with van der Waals surface area (Å²) in [7, 11) is 1.36. The third kappa shape index (κ3) is 8.19. The lowest BCUT2D eigenvalue weighted by Crippen LogP contribution is -2.41. The van der Waals surface area contributed by atoms with E-state index < -0.39 is 31.3 Å². The van der Waals surface area contributed by atoms with E-state index in [-0.39, 0.29) is 6.54 Å². The number of hydrogen-bond donors (Lipinski definition) is 1. The monoisotopic (exact) mass is 229 g/mol. The van der Waals surface area contributed by atoms with Crippen molar-refractivity contribution < 1.29 is 27.8 Å². The maximum absolute atomic E-state index is 12.0. The Morgan fingerprint density at radius 3 is 2.40 bits per heavy atom. The fourth-order valence-corrected chi connectivity index (χ4v) is 1.07. The fraction of sp³-hybridized carbons (Fsp3) is 0.875. The molecule has 1 atom stereocenters. The molecule has 0 amide bonds. The van der Waals surface area contributed by atoms with Crippen LogP contribution in [-0.4, -0.2) is 55.0 Å². The van der Waals surface area contributed by atoms with Crippen LogP contribution >= 0.6 is 0 Å². The van der Waals surface area contributed by atoms with Crippen molar-refractivity contribution in [3.63, 3.8) is 0 Å². The molecule has 1 N–H and O–H groups in total. The molecule has 15 heavy (non-hydrogen) atoms. The Kier molecular flexibility index (Phi) is 5.59. The lowest BCUT2D eigenvalue weighted by atomic mass is 10.3. The van der Waals surface area contributed by atoms with E-state index in [0.29, 0.717) is 0 Å². The lowest BCUT2D eigenvalue weighted by Gasteiger charge is -2.24. The Bertz CT molecular complexity index is 208. The first kappa shape index (κ1) is 14.2. The molecule has 0 aromatic rings. The van der Waals surface area contributed by atoms with Crippen LogP contribution in [0.5, 0.6) is 0 Å². The number of carbonyl (C=O) groups is 1. The first-order valence-electron chi connectivity index (χ1n) is 4.28. The SMILES string of the molecule is COC(C)CN(CC(=O)O)CC(F)(F)F. The summed E-state index contributed by atoms with van der Waals surface area (Å²) in [5.74, 6) is -1.29. The largest absolute Gasteiger partial charge is 0.480 e. The minimum absolute atomic E-state index is 0.0672. The molecule has 0 fully saturated rings. The molecular weight excluding hydrogens is 215 g/mol. The predicted octanol–water partition coefficient (Wildman–Crippen LogP) is 0.970. The zero-order valence-electron chi connectivity index (χ0n) is 8.54. The van der Waals surface area contributed by atoms with Gasteiger partial charge in [0, 0.05) is 13.7 Å². The minimum Gasteiger partial charge on any atom is -0.480 e. The van der Waals surface area contributed by atoms with E-state index in [2.05, 4.69) is 0 Å². The maximum Gasteiger partial charge on any atom is 0.401 e. The van der Waals surface area contributed by atoms with Crippen LogP contribution in [0.1, 0.15) is 6.92 Å². The second kappa shape index (κ2) is 5.92. The molecule has 0 bridgehead atoms. The van der Waals surface area contributed by atoms with Gasteiger partial charge in [0.15, 0.2) is 0 Å². The summed E-state index contributed by atoms with van der Waals surface area (Å²) >= 11 is 0. The maximum atomic E-state index is 12.0. The van der Waals surface area contributed by atoms with Gasteiger partial charge in [-0.05, 0) is 6.92 Å². The Morgan fingerprint density at radius 2 is 2.07 bits per heavy atom. The first-order chi connectivity index (χ1) is 6.74. The number of halogens is 3. The van der Waals surface area contributed by atoms with Crippen molar-refractivity contribution in [3.05, 3.63) is 0 Å². The average Bonchev–Trinajstić information content (AvgIpc) is 1.99. The van der Waals surface area contributed by atoms with Gasteiger partial charge in [0.05, 0.1) is 19.2 Å². The van der Waals surface area contributed by atoms with Gasteiger partial charge in [-0.15, -0.1) is 0 Å². The molecule has 0 aliphatic rings. The van der Waals surface area contributed by atoms with Crippen molar-refractivity contribution in [2.45, 2.75) is 19.2 Å². The van der Waals surface area contributed by atoms with Crippen molar-refractivity contribution in [2.24, 2.45) is 0 Å². The van der Waals surface area contributed by atoms with Crippen LogP contribution in [-0.2, 0) is 9.53 Å². The molecule has 1 unspecified atom stereocenters. The normalized spacial score (nSPS) is 14.3. The second-order valence-corrected chi connectivity index (χ2v) is 3.22. The molecule has 7 heteroatoms. The number of carboxylic acids is 1. The van der Waals surface area contributed by atoms with Gasteiger partial charge in [-0.2, -0.15) is 13.2 Å². The van der Waals surface area contributed by atoms with Crippen LogP contribution < -0.4 is 0 Å². The highest BCUT2D eigenvalue weighted by atomic mass is 19.4. The van der Waals surface area contributed by atoms with E-state index >= 15 is 0 Å². The molecule has 0 spiro atoms. The fourth-order valence-electron chi connectivity index (χ4n) is 1.07. The van der Waals surface area contributed by atoms with Gasteiger partial charge in [-0.25, -0.2) is 0 Å². The van der Waals surface area contributed by atoms with Crippen molar-refractivity contribution in [1.29, 1.82) is 0 Å². The van der Waals surface area contributed by atoms with Crippen LogP contribution in [0.3, 0.4) is 0 Å². The highest BCUT2D eigenvalue weighted by Gasteiger charge is 2.31. The zero-order valence-corrected chi connectivity index (χ0v) is 8.54. The van der Waals surface area contributed by atoms with Crippen molar-refractivity contribution >= 4 is 5.97 Å². The van der Waals surface area contributed by atoms with Gasteiger partial charge in [0.25, 0.3) is 0 Å². The van der Waals surface area contributed by atoms with Crippen molar-refractivity contribution in [3.8, 4) is 0 Å². The number of ether oxygens (including phenoxy) is 1. The van der Waals surface area contributed by atoms with E-state index in [9.17, 15) is 18.0 Å². The molecule has 0 rings (SSSR count). The molecular formula is C8H14F3NO3. The zero-order chi connectivity index (χ0) is 12.1. The Morgan fingerprint density at radius 1 is 1.53 bits per heavy atom. The molecule has 0 saturated heterocycles. The Hall–Kier alpha value is -0.820. The van der Waals surface area contributed by atoms with E-state index in [1.54, 1.807) is 6.92 Å². The van der Waals surface area contributed by atoms with Gasteiger partial charge >= 0.3 is 12.1 Å². The van der Waals surface area contributed by atoms with E-state index in [1.165, 1.54) is 7.11 Å².